The van der Waals surface area contributed by atoms with Crippen LogP contribution in [0.15, 0.2) is 54.9 Å². The zero-order chi connectivity index (χ0) is 19.2. The fourth-order valence-electron chi connectivity index (χ4n) is 3.15. The van der Waals surface area contributed by atoms with Crippen molar-refractivity contribution in [3.8, 4) is 0 Å². The van der Waals surface area contributed by atoms with Gasteiger partial charge in [0, 0.05) is 13.0 Å². The number of para-hydroxylation sites is 2. The van der Waals surface area contributed by atoms with Gasteiger partial charge in [-0.2, -0.15) is 0 Å². The number of nitrogens with one attached hydrogen (secondary N) is 1. The molecule has 140 valence electrons. The van der Waals surface area contributed by atoms with Crippen molar-refractivity contribution in [2.45, 2.75) is 38.7 Å². The van der Waals surface area contributed by atoms with Crippen LogP contribution in [0.3, 0.4) is 0 Å². The van der Waals surface area contributed by atoms with E-state index in [1.165, 1.54) is 5.56 Å². The second-order valence-corrected chi connectivity index (χ2v) is 6.64. The fourth-order valence-corrected chi connectivity index (χ4v) is 3.15. The molecule has 27 heavy (non-hydrogen) atoms. The van der Waals surface area contributed by atoms with Crippen LogP contribution in [0.2, 0.25) is 0 Å². The summed E-state index contributed by atoms with van der Waals surface area (Å²) in [7, 11) is -1.62. The molecule has 0 saturated heterocycles. The Morgan fingerprint density at radius 1 is 1.19 bits per heavy atom. The molecule has 3 aromatic rings. The van der Waals surface area contributed by atoms with Gasteiger partial charge in [0.2, 0.25) is 5.91 Å². The van der Waals surface area contributed by atoms with Crippen molar-refractivity contribution < 1.29 is 14.8 Å². The molecule has 0 bridgehead atoms. The maximum absolute atomic E-state index is 12.3. The van der Waals surface area contributed by atoms with E-state index in [1.807, 2.05) is 53.1 Å². The van der Waals surface area contributed by atoms with Gasteiger partial charge in [-0.05, 0) is 36.1 Å². The Labute approximate surface area is 159 Å². The maximum atomic E-state index is 12.3. The molecule has 3 rings (SSSR count). The molecule has 0 aliphatic carbocycles. The lowest BCUT2D eigenvalue weighted by molar-refractivity contribution is -0.121. The molecule has 1 amide bonds. The first-order chi connectivity index (χ1) is 13.1. The SMILES string of the molecule is CCc1cccc(CC(NC(=O)CCn2cnc3ccccc32)B(O)O)c1. The van der Waals surface area contributed by atoms with Gasteiger partial charge in [-0.25, -0.2) is 4.98 Å². The summed E-state index contributed by atoms with van der Waals surface area (Å²) in [5, 5.41) is 22.1. The molecule has 1 heterocycles. The highest BCUT2D eigenvalue weighted by Crippen LogP contribution is 2.13. The summed E-state index contributed by atoms with van der Waals surface area (Å²) >= 11 is 0. The molecular weight excluding hydrogens is 341 g/mol. The average Bonchev–Trinajstić information content (AvgIpc) is 3.09. The summed E-state index contributed by atoms with van der Waals surface area (Å²) in [6, 6.07) is 15.7. The number of aryl methyl sites for hydroxylation is 2. The second-order valence-electron chi connectivity index (χ2n) is 6.64. The number of nitrogens with zero attached hydrogens (tertiary/aromatic N) is 2. The van der Waals surface area contributed by atoms with Gasteiger partial charge in [0.1, 0.15) is 0 Å². The number of benzene rings is 2. The third-order valence-corrected chi connectivity index (χ3v) is 4.67. The summed E-state index contributed by atoms with van der Waals surface area (Å²) < 4.78 is 1.92. The summed E-state index contributed by atoms with van der Waals surface area (Å²) in [4.78, 5) is 16.6. The molecule has 0 spiro atoms. The van der Waals surface area contributed by atoms with E-state index < -0.39 is 13.1 Å². The summed E-state index contributed by atoms with van der Waals surface area (Å²) in [5.74, 6) is -0.971. The smallest absolute Gasteiger partial charge is 0.426 e. The monoisotopic (exact) mass is 365 g/mol. The third kappa shape index (κ3) is 4.96. The number of fused-ring (bicyclic) bond motifs is 1. The molecule has 3 N–H and O–H groups in total. The van der Waals surface area contributed by atoms with E-state index in [1.54, 1.807) is 6.33 Å². The van der Waals surface area contributed by atoms with Gasteiger partial charge in [-0.15, -0.1) is 0 Å². The zero-order valence-corrected chi connectivity index (χ0v) is 15.4. The number of amides is 1. The molecule has 0 fully saturated rings. The van der Waals surface area contributed by atoms with E-state index in [2.05, 4.69) is 17.2 Å². The van der Waals surface area contributed by atoms with Crippen molar-refractivity contribution in [1.29, 1.82) is 0 Å². The molecule has 1 aromatic heterocycles. The van der Waals surface area contributed by atoms with Gasteiger partial charge >= 0.3 is 7.12 Å². The van der Waals surface area contributed by atoms with Gasteiger partial charge in [-0.1, -0.05) is 43.3 Å². The zero-order valence-electron chi connectivity index (χ0n) is 15.4. The predicted molar refractivity (Wildman–Crippen MR) is 106 cm³/mol. The van der Waals surface area contributed by atoms with Crippen molar-refractivity contribution in [1.82, 2.24) is 14.9 Å². The minimum Gasteiger partial charge on any atom is -0.426 e. The average molecular weight is 365 g/mol. The molecule has 1 atom stereocenters. The van der Waals surface area contributed by atoms with Crippen molar-refractivity contribution >= 4 is 24.1 Å². The summed E-state index contributed by atoms with van der Waals surface area (Å²) in [6.07, 6.45) is 3.22. The first-order valence-electron chi connectivity index (χ1n) is 9.20. The van der Waals surface area contributed by atoms with Crippen LogP contribution in [-0.2, 0) is 24.2 Å². The van der Waals surface area contributed by atoms with Crippen LogP contribution in [0, 0.1) is 0 Å². The van der Waals surface area contributed by atoms with Crippen LogP contribution >= 0.6 is 0 Å². The number of aromatic nitrogens is 2. The summed E-state index contributed by atoms with van der Waals surface area (Å²) in [6.45, 7) is 2.55. The fraction of sp³-hybridized carbons (Fsp3) is 0.300. The largest absolute Gasteiger partial charge is 0.475 e. The van der Waals surface area contributed by atoms with Crippen molar-refractivity contribution in [2.24, 2.45) is 0 Å². The standard InChI is InChI=1S/C20H24BN3O3/c1-2-15-6-5-7-16(12-15)13-19(21(26)27)23-20(25)10-11-24-14-22-17-8-3-4-9-18(17)24/h3-9,12,14,19,26-27H,2,10-11,13H2,1H3,(H,23,25). The maximum Gasteiger partial charge on any atom is 0.475 e. The second kappa shape index (κ2) is 8.84. The van der Waals surface area contributed by atoms with Crippen LogP contribution in [0.25, 0.3) is 11.0 Å². The number of imidazole rings is 1. The Balaban J connectivity index is 1.59. The minimum atomic E-state index is -1.62. The molecule has 6 nitrogen and oxygen atoms in total. The topological polar surface area (TPSA) is 87.4 Å². The highest BCUT2D eigenvalue weighted by atomic mass is 16.4. The normalized spacial score (nSPS) is 12.1. The molecule has 7 heteroatoms. The molecule has 0 saturated carbocycles. The molecular formula is C20H24BN3O3. The Kier molecular flexibility index (Phi) is 6.26. The van der Waals surface area contributed by atoms with Crippen molar-refractivity contribution in [3.05, 3.63) is 66.0 Å². The lowest BCUT2D eigenvalue weighted by Gasteiger charge is -2.18. The quantitative estimate of drug-likeness (QED) is 0.531. The van der Waals surface area contributed by atoms with Gasteiger partial charge in [0.25, 0.3) is 0 Å². The molecule has 0 aliphatic rings. The van der Waals surface area contributed by atoms with Gasteiger partial charge < -0.3 is 19.9 Å². The lowest BCUT2D eigenvalue weighted by Crippen LogP contribution is -2.48. The predicted octanol–water partition coefficient (Wildman–Crippen LogP) is 1.73. The Hall–Kier alpha value is -2.64. The van der Waals surface area contributed by atoms with Gasteiger partial charge in [0.05, 0.1) is 23.3 Å². The van der Waals surface area contributed by atoms with Crippen LogP contribution in [0.1, 0.15) is 24.5 Å². The molecule has 0 aliphatic heterocycles. The molecule has 1 unspecified atom stereocenters. The van der Waals surface area contributed by atoms with E-state index in [4.69, 9.17) is 0 Å². The van der Waals surface area contributed by atoms with E-state index in [9.17, 15) is 14.8 Å². The highest BCUT2D eigenvalue weighted by Gasteiger charge is 2.25. The number of hydrogen-bond donors (Lipinski definition) is 3. The van der Waals surface area contributed by atoms with Gasteiger partial charge in [-0.3, -0.25) is 4.79 Å². The van der Waals surface area contributed by atoms with E-state index in [0.29, 0.717) is 13.0 Å². The minimum absolute atomic E-state index is 0.225. The number of hydrogen-bond acceptors (Lipinski definition) is 4. The van der Waals surface area contributed by atoms with E-state index in [0.717, 1.165) is 23.0 Å². The van der Waals surface area contributed by atoms with Crippen LogP contribution in [0.4, 0.5) is 0 Å². The number of carbonyl (C=O) groups excluding carboxylic acids is 1. The third-order valence-electron chi connectivity index (χ3n) is 4.67. The first-order valence-corrected chi connectivity index (χ1v) is 9.20. The Morgan fingerprint density at radius 2 is 1.96 bits per heavy atom. The van der Waals surface area contributed by atoms with Crippen molar-refractivity contribution in [2.75, 3.05) is 0 Å². The lowest BCUT2D eigenvalue weighted by atomic mass is 9.75. The number of rotatable bonds is 8. The molecule has 0 radical (unpaired) electrons. The first kappa shape index (κ1) is 19.1. The van der Waals surface area contributed by atoms with Crippen LogP contribution in [0.5, 0.6) is 0 Å². The molecule has 2 aromatic carbocycles. The Bertz CT molecular complexity index is 910. The van der Waals surface area contributed by atoms with E-state index >= 15 is 0 Å². The van der Waals surface area contributed by atoms with Crippen LogP contribution in [-0.4, -0.2) is 38.6 Å². The number of carbonyl (C=O) groups is 1. The van der Waals surface area contributed by atoms with Crippen molar-refractivity contribution in [3.63, 3.8) is 0 Å². The highest BCUT2D eigenvalue weighted by molar-refractivity contribution is 6.43. The van der Waals surface area contributed by atoms with E-state index in [-0.39, 0.29) is 12.3 Å². The summed E-state index contributed by atoms with van der Waals surface area (Å²) in [5.41, 5.74) is 4.00. The van der Waals surface area contributed by atoms with Gasteiger partial charge in [0.15, 0.2) is 0 Å². The Morgan fingerprint density at radius 3 is 2.74 bits per heavy atom. The van der Waals surface area contributed by atoms with Crippen LogP contribution < -0.4 is 5.32 Å².